The van der Waals surface area contributed by atoms with E-state index in [0.29, 0.717) is 17.2 Å². The molecule has 2 bridgehead atoms. The Morgan fingerprint density at radius 2 is 1.83 bits per heavy atom. The van der Waals surface area contributed by atoms with E-state index in [1.165, 1.54) is 7.11 Å². The van der Waals surface area contributed by atoms with Gasteiger partial charge in [0, 0.05) is 24.2 Å². The Morgan fingerprint density at radius 3 is 2.50 bits per heavy atom. The number of nitrogens with zero attached hydrogens (tertiary/aromatic N) is 2. The van der Waals surface area contributed by atoms with Gasteiger partial charge in [0.05, 0.1) is 19.4 Å². The summed E-state index contributed by atoms with van der Waals surface area (Å²) in [7, 11) is 3.08. The molecule has 8 nitrogen and oxygen atoms in total. The molecule has 5 atom stereocenters. The van der Waals surface area contributed by atoms with Crippen LogP contribution in [0.3, 0.4) is 0 Å². The van der Waals surface area contributed by atoms with E-state index < -0.39 is 11.4 Å². The number of carbonyl (C=O) groups is 2. The number of para-hydroxylation sites is 1. The predicted molar refractivity (Wildman–Crippen MR) is 135 cm³/mol. The zero-order valence-corrected chi connectivity index (χ0v) is 20.7. The Balaban J connectivity index is 1.53. The van der Waals surface area contributed by atoms with Crippen molar-refractivity contribution >= 4 is 17.5 Å². The number of ether oxygens (including phenoxy) is 1. The van der Waals surface area contributed by atoms with Crippen molar-refractivity contribution in [1.82, 2.24) is 4.90 Å². The topological polar surface area (TPSA) is 114 Å². The van der Waals surface area contributed by atoms with Crippen LogP contribution in [-0.2, 0) is 9.63 Å². The summed E-state index contributed by atoms with van der Waals surface area (Å²) in [5.41, 5.74) is 7.80. The fraction of sp³-hybridized carbons (Fsp3) is 0.464. The monoisotopic (exact) mass is 491 g/mol. The molecule has 8 heteroatoms. The van der Waals surface area contributed by atoms with E-state index in [-0.39, 0.29) is 43.2 Å². The van der Waals surface area contributed by atoms with Gasteiger partial charge < -0.3 is 25.3 Å². The molecule has 190 valence electrons. The number of fused-ring (bicyclic) bond motifs is 2. The first-order valence-electron chi connectivity index (χ1n) is 12.5. The molecule has 2 saturated carbocycles. The number of aliphatic hydroxyl groups excluding tert-OH is 1. The molecular weight excluding hydrogens is 458 g/mol. The van der Waals surface area contributed by atoms with Crippen molar-refractivity contribution in [2.24, 2.45) is 34.6 Å². The van der Waals surface area contributed by atoms with Crippen LogP contribution < -0.4 is 10.5 Å². The number of aliphatic hydroxyl groups is 1. The number of nitrogens with two attached hydrogens (primary N) is 1. The molecule has 0 spiro atoms. The molecule has 3 N–H and O–H groups in total. The van der Waals surface area contributed by atoms with Crippen molar-refractivity contribution in [1.29, 1.82) is 0 Å². The maximum Gasteiger partial charge on any atom is 0.255 e. The van der Waals surface area contributed by atoms with Crippen LogP contribution in [0.2, 0.25) is 0 Å². The molecule has 5 rings (SSSR count). The Labute approximate surface area is 211 Å². The summed E-state index contributed by atoms with van der Waals surface area (Å²) < 4.78 is 5.48. The number of benzene rings is 2. The van der Waals surface area contributed by atoms with Gasteiger partial charge in [-0.1, -0.05) is 35.5 Å². The Morgan fingerprint density at radius 1 is 1.11 bits per heavy atom. The lowest BCUT2D eigenvalue weighted by Crippen LogP contribution is -2.63. The second-order valence-electron chi connectivity index (χ2n) is 10.2. The first-order valence-corrected chi connectivity index (χ1v) is 12.5. The van der Waals surface area contributed by atoms with Crippen molar-refractivity contribution in [2.75, 3.05) is 27.4 Å². The summed E-state index contributed by atoms with van der Waals surface area (Å²) in [4.78, 5) is 33.9. The van der Waals surface area contributed by atoms with E-state index in [1.54, 1.807) is 24.1 Å². The van der Waals surface area contributed by atoms with Crippen LogP contribution in [0.15, 0.2) is 53.7 Å². The molecule has 3 fully saturated rings. The van der Waals surface area contributed by atoms with Crippen molar-refractivity contribution in [2.45, 2.75) is 31.2 Å². The highest BCUT2D eigenvalue weighted by molar-refractivity contribution is 6.07. The average molecular weight is 492 g/mol. The average Bonchev–Trinajstić information content (AvgIpc) is 3.62. The van der Waals surface area contributed by atoms with E-state index in [1.807, 2.05) is 36.4 Å². The van der Waals surface area contributed by atoms with Crippen LogP contribution in [0, 0.1) is 23.7 Å². The summed E-state index contributed by atoms with van der Waals surface area (Å²) in [6, 6.07) is 15.0. The van der Waals surface area contributed by atoms with Crippen LogP contribution in [0.5, 0.6) is 5.75 Å². The van der Waals surface area contributed by atoms with Crippen LogP contribution >= 0.6 is 0 Å². The van der Waals surface area contributed by atoms with Crippen molar-refractivity contribution in [3.8, 4) is 16.9 Å². The van der Waals surface area contributed by atoms with Crippen LogP contribution in [0.1, 0.15) is 36.0 Å². The minimum Gasteiger partial charge on any atom is -0.496 e. The molecule has 1 saturated heterocycles. The maximum absolute atomic E-state index is 14.0. The van der Waals surface area contributed by atoms with Gasteiger partial charge in [0.15, 0.2) is 0 Å². The minimum absolute atomic E-state index is 0.0206. The molecule has 3 aliphatic rings. The van der Waals surface area contributed by atoms with Crippen LogP contribution in [0.25, 0.3) is 11.1 Å². The normalized spacial score (nSPS) is 30.1. The fourth-order valence-corrected chi connectivity index (χ4v) is 7.16. The molecule has 2 aromatic carbocycles. The number of likely N-dealkylation sites (tertiary alicyclic amines) is 1. The summed E-state index contributed by atoms with van der Waals surface area (Å²) in [5, 5.41) is 14.4. The molecule has 0 radical (unpaired) electrons. The number of methoxy groups -OCH3 is 1. The van der Waals surface area contributed by atoms with E-state index in [9.17, 15) is 14.7 Å². The highest BCUT2D eigenvalue weighted by Crippen LogP contribution is 2.58. The standard InChI is InChI=1S/C28H33N3O5/c1-35-24-6-4-3-5-22(24)17-7-9-18(10-8-17)26(33)31-15-21(30-36-2)14-28(31,27(29)34)25-20-12-11-19(13-20)23(25)16-32/h3-10,19-20,23,25,32H,11-16H2,1-2H3,(H2,29,34)/t19-,20+,23+,25-,28?/m0/s1. The molecule has 36 heavy (non-hydrogen) atoms. The zero-order valence-electron chi connectivity index (χ0n) is 20.7. The predicted octanol–water partition coefficient (Wildman–Crippen LogP) is 3.09. The Kier molecular flexibility index (Phi) is 6.47. The Hall–Kier alpha value is -3.39. The molecule has 2 aromatic rings. The number of carbonyl (C=O) groups excluding carboxylic acids is 2. The highest BCUT2D eigenvalue weighted by atomic mass is 16.6. The molecule has 1 heterocycles. The fourth-order valence-electron chi connectivity index (χ4n) is 7.16. The minimum atomic E-state index is -1.25. The van der Waals surface area contributed by atoms with Gasteiger partial charge in [-0.25, -0.2) is 0 Å². The summed E-state index contributed by atoms with van der Waals surface area (Å²) in [5.74, 6) is 0.239. The number of rotatable bonds is 7. The lowest BCUT2D eigenvalue weighted by atomic mass is 9.66. The summed E-state index contributed by atoms with van der Waals surface area (Å²) >= 11 is 0. The van der Waals surface area contributed by atoms with Crippen molar-refractivity contribution in [3.63, 3.8) is 0 Å². The SMILES string of the molecule is CON=C1CN(C(=O)c2ccc(-c3ccccc3OC)cc2)C(C(N)=O)([C@H]2[C@@H]3CC[C@@H](C3)[C@H]2CO)C1. The third kappa shape index (κ3) is 3.75. The van der Waals surface area contributed by atoms with Gasteiger partial charge in [-0.15, -0.1) is 0 Å². The lowest BCUT2D eigenvalue weighted by molar-refractivity contribution is -0.134. The van der Waals surface area contributed by atoms with Gasteiger partial charge in [0.2, 0.25) is 5.91 Å². The second-order valence-corrected chi connectivity index (χ2v) is 10.2. The molecular formula is C28H33N3O5. The maximum atomic E-state index is 14.0. The zero-order chi connectivity index (χ0) is 25.4. The number of primary amides is 1. The van der Waals surface area contributed by atoms with Gasteiger partial charge in [0.1, 0.15) is 18.4 Å². The highest BCUT2D eigenvalue weighted by Gasteiger charge is 2.64. The number of amides is 2. The van der Waals surface area contributed by atoms with Gasteiger partial charge in [-0.05, 0) is 66.7 Å². The van der Waals surface area contributed by atoms with E-state index in [2.05, 4.69) is 5.16 Å². The van der Waals surface area contributed by atoms with Crippen LogP contribution in [0.4, 0.5) is 0 Å². The first-order chi connectivity index (χ1) is 17.4. The lowest BCUT2D eigenvalue weighted by Gasteiger charge is -2.46. The molecule has 1 aliphatic heterocycles. The molecule has 2 amide bonds. The molecule has 0 aromatic heterocycles. The summed E-state index contributed by atoms with van der Waals surface area (Å²) in [6.45, 7) is 0.142. The Bertz CT molecular complexity index is 1180. The van der Waals surface area contributed by atoms with Gasteiger partial charge in [-0.2, -0.15) is 0 Å². The summed E-state index contributed by atoms with van der Waals surface area (Å²) in [6.07, 6.45) is 3.20. The van der Waals surface area contributed by atoms with E-state index in [4.69, 9.17) is 15.3 Å². The van der Waals surface area contributed by atoms with Crippen molar-refractivity contribution < 1.29 is 24.3 Å². The third-order valence-electron chi connectivity index (χ3n) is 8.59. The smallest absolute Gasteiger partial charge is 0.255 e. The largest absolute Gasteiger partial charge is 0.496 e. The number of oxime groups is 1. The van der Waals surface area contributed by atoms with Gasteiger partial charge in [-0.3, -0.25) is 9.59 Å². The second kappa shape index (κ2) is 9.58. The third-order valence-corrected chi connectivity index (χ3v) is 8.59. The van der Waals surface area contributed by atoms with Gasteiger partial charge >= 0.3 is 0 Å². The van der Waals surface area contributed by atoms with E-state index in [0.717, 1.165) is 36.1 Å². The van der Waals surface area contributed by atoms with Crippen LogP contribution in [-0.4, -0.2) is 60.4 Å². The quantitative estimate of drug-likeness (QED) is 0.578. The van der Waals surface area contributed by atoms with E-state index >= 15 is 0 Å². The first kappa shape index (κ1) is 24.3. The van der Waals surface area contributed by atoms with Gasteiger partial charge in [0.25, 0.3) is 5.91 Å². The van der Waals surface area contributed by atoms with Crippen molar-refractivity contribution in [3.05, 3.63) is 54.1 Å². The molecule has 1 unspecified atom stereocenters. The molecule has 2 aliphatic carbocycles. The number of hydrogen-bond acceptors (Lipinski definition) is 6. The number of hydrogen-bond donors (Lipinski definition) is 2.